The largest absolute Gasteiger partial charge is 0.481 e. The highest BCUT2D eigenvalue weighted by Gasteiger charge is 2.12. The topological polar surface area (TPSA) is 59.1 Å². The van der Waals surface area contributed by atoms with E-state index in [2.05, 4.69) is 38.8 Å². The van der Waals surface area contributed by atoms with E-state index < -0.39 is 0 Å². The smallest absolute Gasteiger partial charge is 0.218 e. The lowest BCUT2D eigenvalue weighted by Crippen LogP contribution is -2.24. The van der Waals surface area contributed by atoms with E-state index >= 15 is 0 Å². The summed E-state index contributed by atoms with van der Waals surface area (Å²) in [6.07, 6.45) is 2.53. The normalized spacial score (nSPS) is 13.7. The maximum Gasteiger partial charge on any atom is 0.218 e. The number of anilines is 2. The molecule has 3 rings (SSSR count). The van der Waals surface area contributed by atoms with Gasteiger partial charge in [-0.2, -0.15) is 0 Å². The second kappa shape index (κ2) is 5.24. The number of nitrogens with zero attached hydrogens (tertiary/aromatic N) is 2. The van der Waals surface area contributed by atoms with Crippen LogP contribution in [0.3, 0.4) is 0 Å². The summed E-state index contributed by atoms with van der Waals surface area (Å²) in [5.41, 5.74) is 3.82. The van der Waals surface area contributed by atoms with Gasteiger partial charge in [0.25, 0.3) is 0 Å². The van der Waals surface area contributed by atoms with Gasteiger partial charge < -0.3 is 15.4 Å². The standard InChI is InChI=1S/C14H16N4O/c1-19-14-7-13(16-9-17-14)18-12-4-2-3-10-8-15-6-5-11(10)12/h2-4,7,9,15H,5-6,8H2,1H3,(H,16,17,18). The van der Waals surface area contributed by atoms with Gasteiger partial charge in [0.15, 0.2) is 0 Å². The van der Waals surface area contributed by atoms with Crippen molar-refractivity contribution in [3.05, 3.63) is 41.7 Å². The first-order valence-electron chi connectivity index (χ1n) is 6.31. The van der Waals surface area contributed by atoms with Crippen molar-refractivity contribution in [2.75, 3.05) is 19.0 Å². The third kappa shape index (κ3) is 2.51. The van der Waals surface area contributed by atoms with E-state index in [1.807, 2.05) is 0 Å². The summed E-state index contributed by atoms with van der Waals surface area (Å²) in [7, 11) is 1.60. The maximum absolute atomic E-state index is 5.10. The van der Waals surface area contributed by atoms with Crippen LogP contribution in [0.2, 0.25) is 0 Å². The van der Waals surface area contributed by atoms with Crippen LogP contribution >= 0.6 is 0 Å². The summed E-state index contributed by atoms with van der Waals surface area (Å²) >= 11 is 0. The summed E-state index contributed by atoms with van der Waals surface area (Å²) in [6, 6.07) is 8.10. The van der Waals surface area contributed by atoms with Gasteiger partial charge in [-0.05, 0) is 30.2 Å². The van der Waals surface area contributed by atoms with Gasteiger partial charge in [0.2, 0.25) is 5.88 Å². The summed E-state index contributed by atoms with van der Waals surface area (Å²) in [5, 5.41) is 6.72. The summed E-state index contributed by atoms with van der Waals surface area (Å²) in [4.78, 5) is 8.22. The van der Waals surface area contributed by atoms with Crippen LogP contribution in [-0.2, 0) is 13.0 Å². The van der Waals surface area contributed by atoms with Crippen LogP contribution < -0.4 is 15.4 Å². The van der Waals surface area contributed by atoms with Crippen molar-refractivity contribution in [1.82, 2.24) is 15.3 Å². The first kappa shape index (κ1) is 11.9. The van der Waals surface area contributed by atoms with Crippen LogP contribution in [-0.4, -0.2) is 23.6 Å². The van der Waals surface area contributed by atoms with Gasteiger partial charge in [0, 0.05) is 18.3 Å². The number of methoxy groups -OCH3 is 1. The molecule has 0 bridgehead atoms. The van der Waals surface area contributed by atoms with Crippen LogP contribution in [0.25, 0.3) is 0 Å². The van der Waals surface area contributed by atoms with E-state index in [-0.39, 0.29) is 0 Å². The number of benzene rings is 1. The Morgan fingerprint density at radius 3 is 3.16 bits per heavy atom. The molecule has 5 nitrogen and oxygen atoms in total. The maximum atomic E-state index is 5.10. The zero-order valence-corrected chi connectivity index (χ0v) is 10.8. The lowest BCUT2D eigenvalue weighted by atomic mass is 9.99. The number of nitrogens with one attached hydrogen (secondary N) is 2. The average molecular weight is 256 g/mol. The van der Waals surface area contributed by atoms with Gasteiger partial charge in [-0.3, -0.25) is 0 Å². The molecule has 0 saturated carbocycles. The molecule has 19 heavy (non-hydrogen) atoms. The first-order valence-corrected chi connectivity index (χ1v) is 6.31. The Hall–Kier alpha value is -2.14. The van der Waals surface area contributed by atoms with Gasteiger partial charge >= 0.3 is 0 Å². The summed E-state index contributed by atoms with van der Waals surface area (Å²) < 4.78 is 5.10. The molecule has 1 aliphatic rings. The lowest BCUT2D eigenvalue weighted by molar-refractivity contribution is 0.397. The number of ether oxygens (including phenoxy) is 1. The number of aromatic nitrogens is 2. The number of rotatable bonds is 3. The summed E-state index contributed by atoms with van der Waals surface area (Å²) in [6.45, 7) is 1.94. The van der Waals surface area contributed by atoms with Crippen molar-refractivity contribution < 1.29 is 4.74 Å². The fourth-order valence-electron chi connectivity index (χ4n) is 2.31. The minimum Gasteiger partial charge on any atom is -0.481 e. The number of hydrogen-bond donors (Lipinski definition) is 2. The SMILES string of the molecule is COc1cc(Nc2cccc3c2CCNC3)ncn1. The molecule has 1 aromatic heterocycles. The fourth-order valence-corrected chi connectivity index (χ4v) is 2.31. The lowest BCUT2D eigenvalue weighted by Gasteiger charge is -2.20. The van der Waals surface area contributed by atoms with Gasteiger partial charge in [-0.25, -0.2) is 9.97 Å². The Labute approximate surface area is 112 Å². The van der Waals surface area contributed by atoms with Crippen molar-refractivity contribution in [3.63, 3.8) is 0 Å². The van der Waals surface area contributed by atoms with E-state index in [0.29, 0.717) is 5.88 Å². The Bertz CT molecular complexity index is 585. The first-order chi connectivity index (χ1) is 9.36. The molecule has 0 saturated heterocycles. The summed E-state index contributed by atoms with van der Waals surface area (Å²) in [5.74, 6) is 1.31. The Morgan fingerprint density at radius 1 is 1.32 bits per heavy atom. The predicted octanol–water partition coefficient (Wildman–Crippen LogP) is 1.87. The third-order valence-electron chi connectivity index (χ3n) is 3.25. The Morgan fingerprint density at radius 2 is 2.26 bits per heavy atom. The molecule has 2 N–H and O–H groups in total. The van der Waals surface area contributed by atoms with Crippen LogP contribution in [0.4, 0.5) is 11.5 Å². The zero-order chi connectivity index (χ0) is 13.1. The number of hydrogen-bond acceptors (Lipinski definition) is 5. The quantitative estimate of drug-likeness (QED) is 0.878. The molecule has 5 heteroatoms. The highest BCUT2D eigenvalue weighted by molar-refractivity contribution is 5.63. The molecule has 2 heterocycles. The minimum absolute atomic E-state index is 0.559. The zero-order valence-electron chi connectivity index (χ0n) is 10.8. The molecule has 0 unspecified atom stereocenters. The monoisotopic (exact) mass is 256 g/mol. The van der Waals surface area contributed by atoms with Crippen molar-refractivity contribution in [3.8, 4) is 5.88 Å². The Kier molecular flexibility index (Phi) is 3.29. The van der Waals surface area contributed by atoms with Crippen molar-refractivity contribution in [2.45, 2.75) is 13.0 Å². The van der Waals surface area contributed by atoms with Gasteiger partial charge in [-0.15, -0.1) is 0 Å². The molecule has 2 aromatic rings. The average Bonchev–Trinajstić information content (AvgIpc) is 2.48. The van der Waals surface area contributed by atoms with E-state index in [0.717, 1.165) is 31.0 Å². The molecule has 0 fully saturated rings. The Balaban J connectivity index is 1.90. The van der Waals surface area contributed by atoms with E-state index in [9.17, 15) is 0 Å². The van der Waals surface area contributed by atoms with Crippen LogP contribution in [0.5, 0.6) is 5.88 Å². The molecule has 98 valence electrons. The fraction of sp³-hybridized carbons (Fsp3) is 0.286. The van der Waals surface area contributed by atoms with Crippen LogP contribution in [0.15, 0.2) is 30.6 Å². The molecule has 1 aliphatic heterocycles. The van der Waals surface area contributed by atoms with Crippen molar-refractivity contribution in [2.24, 2.45) is 0 Å². The highest BCUT2D eigenvalue weighted by atomic mass is 16.5. The molecule has 0 atom stereocenters. The molecule has 0 spiro atoms. The second-order valence-electron chi connectivity index (χ2n) is 4.44. The second-order valence-corrected chi connectivity index (χ2v) is 4.44. The van der Waals surface area contributed by atoms with E-state index in [1.54, 1.807) is 13.2 Å². The van der Waals surface area contributed by atoms with Gasteiger partial charge in [-0.1, -0.05) is 12.1 Å². The van der Waals surface area contributed by atoms with Crippen molar-refractivity contribution >= 4 is 11.5 Å². The van der Waals surface area contributed by atoms with E-state index in [4.69, 9.17) is 4.74 Å². The van der Waals surface area contributed by atoms with Crippen molar-refractivity contribution in [1.29, 1.82) is 0 Å². The molecule has 0 radical (unpaired) electrons. The highest BCUT2D eigenvalue weighted by Crippen LogP contribution is 2.26. The molecule has 0 amide bonds. The molecular formula is C14H16N4O. The van der Waals surface area contributed by atoms with Crippen LogP contribution in [0.1, 0.15) is 11.1 Å². The van der Waals surface area contributed by atoms with Gasteiger partial charge in [0.05, 0.1) is 7.11 Å². The van der Waals surface area contributed by atoms with E-state index in [1.165, 1.54) is 17.5 Å². The molecular weight excluding hydrogens is 240 g/mol. The molecule has 0 aliphatic carbocycles. The number of fused-ring (bicyclic) bond motifs is 1. The van der Waals surface area contributed by atoms with Gasteiger partial charge in [0.1, 0.15) is 12.1 Å². The third-order valence-corrected chi connectivity index (χ3v) is 3.25. The molecule has 1 aromatic carbocycles. The predicted molar refractivity (Wildman–Crippen MR) is 73.7 cm³/mol. The minimum atomic E-state index is 0.559. The van der Waals surface area contributed by atoms with Crippen LogP contribution in [0, 0.1) is 0 Å².